The van der Waals surface area contributed by atoms with E-state index in [1.807, 2.05) is 6.07 Å². The highest BCUT2D eigenvalue weighted by molar-refractivity contribution is 7.92. The Labute approximate surface area is 186 Å². The quantitative estimate of drug-likeness (QED) is 0.393. The molecule has 2 aromatic heterocycles. The predicted molar refractivity (Wildman–Crippen MR) is 120 cm³/mol. The second-order valence-electron chi connectivity index (χ2n) is 6.90. The normalized spacial score (nSPS) is 11.3. The summed E-state index contributed by atoms with van der Waals surface area (Å²) in [6.07, 6.45) is 0. The lowest BCUT2D eigenvalue weighted by Crippen LogP contribution is -2.29. The molecule has 2 aromatic carbocycles. The lowest BCUT2D eigenvalue weighted by molar-refractivity contribution is 0.597. The monoisotopic (exact) mass is 467 g/mol. The van der Waals surface area contributed by atoms with Gasteiger partial charge in [-0.1, -0.05) is 29.8 Å². The minimum atomic E-state index is -4.13. The van der Waals surface area contributed by atoms with E-state index >= 15 is 0 Å². The Hall–Kier alpha value is -3.94. The fourth-order valence-corrected chi connectivity index (χ4v) is 4.66. The minimum Gasteiger partial charge on any atom is -0.315 e. The van der Waals surface area contributed by atoms with Crippen LogP contribution in [0.15, 0.2) is 63.1 Å². The lowest BCUT2D eigenvalue weighted by Gasteiger charge is -2.12. The van der Waals surface area contributed by atoms with E-state index < -0.39 is 21.1 Å². The fraction of sp³-hybridized carbons (Fsp3) is 0.0476. The van der Waals surface area contributed by atoms with E-state index in [0.717, 1.165) is 5.56 Å². The number of halogens is 1. The fourth-order valence-electron chi connectivity index (χ4n) is 3.14. The molecule has 0 aliphatic rings. The second kappa shape index (κ2) is 7.96. The third kappa shape index (κ3) is 3.99. The third-order valence-corrected chi connectivity index (χ3v) is 6.39. The summed E-state index contributed by atoms with van der Waals surface area (Å²) < 4.78 is 28.3. The summed E-state index contributed by atoms with van der Waals surface area (Å²) in [6, 6.07) is 14.9. The summed E-state index contributed by atoms with van der Waals surface area (Å²) >= 11 is 6.37. The lowest BCUT2D eigenvalue weighted by atomic mass is 10.0. The number of hydrogen-bond acceptors (Lipinski definition) is 6. The molecule has 160 valence electrons. The molecule has 0 aliphatic heterocycles. The zero-order chi connectivity index (χ0) is 23.0. The number of sulfonamides is 1. The van der Waals surface area contributed by atoms with Crippen molar-refractivity contribution in [3.8, 4) is 17.2 Å². The van der Waals surface area contributed by atoms with Crippen LogP contribution in [0, 0.1) is 18.3 Å². The number of aryl methyl sites for hydroxylation is 1. The molecule has 32 heavy (non-hydrogen) atoms. The average molecular weight is 468 g/mol. The SMILES string of the molecule is Cc1cc2[nH]c(=O)c(=O)[nH]c2nc1S(=O)(=O)Nc1ccc(-c2ccc(C#N)cc2)c(Cl)c1. The minimum absolute atomic E-state index is 0.0604. The molecular weight excluding hydrogens is 454 g/mol. The molecule has 0 spiro atoms. The molecule has 0 saturated carbocycles. The van der Waals surface area contributed by atoms with Gasteiger partial charge in [0.1, 0.15) is 0 Å². The number of pyridine rings is 1. The third-order valence-electron chi connectivity index (χ3n) is 4.65. The zero-order valence-corrected chi connectivity index (χ0v) is 18.0. The number of rotatable bonds is 4. The molecule has 0 fully saturated rings. The van der Waals surface area contributed by atoms with Gasteiger partial charge in [0.2, 0.25) is 0 Å². The van der Waals surface area contributed by atoms with Crippen LogP contribution in [-0.2, 0) is 10.0 Å². The molecule has 3 N–H and O–H groups in total. The maximum Gasteiger partial charge on any atom is 0.315 e. The molecule has 0 unspecified atom stereocenters. The second-order valence-corrected chi connectivity index (χ2v) is 8.91. The smallest absolute Gasteiger partial charge is 0.315 e. The molecule has 11 heteroatoms. The van der Waals surface area contributed by atoms with E-state index in [0.29, 0.717) is 16.1 Å². The van der Waals surface area contributed by atoms with Crippen molar-refractivity contribution in [3.63, 3.8) is 0 Å². The Morgan fingerprint density at radius 2 is 1.72 bits per heavy atom. The van der Waals surface area contributed by atoms with E-state index in [-0.39, 0.29) is 27.4 Å². The number of hydrogen-bond donors (Lipinski definition) is 3. The molecule has 9 nitrogen and oxygen atoms in total. The average Bonchev–Trinajstić information content (AvgIpc) is 2.74. The maximum atomic E-state index is 12.9. The summed E-state index contributed by atoms with van der Waals surface area (Å²) in [4.78, 5) is 31.7. The van der Waals surface area contributed by atoms with E-state index in [4.69, 9.17) is 16.9 Å². The van der Waals surface area contributed by atoms with Gasteiger partial charge in [-0.15, -0.1) is 0 Å². The number of aromatic amines is 2. The Morgan fingerprint density at radius 3 is 2.38 bits per heavy atom. The molecule has 4 aromatic rings. The molecule has 0 atom stereocenters. The van der Waals surface area contributed by atoms with Crippen molar-refractivity contribution < 1.29 is 8.42 Å². The first-order valence-electron chi connectivity index (χ1n) is 9.15. The van der Waals surface area contributed by atoms with Crippen molar-refractivity contribution in [2.75, 3.05) is 4.72 Å². The number of nitriles is 1. The van der Waals surface area contributed by atoms with Gasteiger partial charge in [-0.2, -0.15) is 13.7 Å². The zero-order valence-electron chi connectivity index (χ0n) is 16.4. The summed E-state index contributed by atoms with van der Waals surface area (Å²) in [6.45, 7) is 1.52. The van der Waals surface area contributed by atoms with Gasteiger partial charge in [0.05, 0.1) is 27.9 Å². The van der Waals surface area contributed by atoms with Gasteiger partial charge in [-0.3, -0.25) is 14.3 Å². The number of aromatic nitrogens is 3. The number of nitrogens with one attached hydrogen (secondary N) is 3. The first-order valence-corrected chi connectivity index (χ1v) is 11.0. The van der Waals surface area contributed by atoms with Gasteiger partial charge in [-0.05, 0) is 48.4 Å². The van der Waals surface area contributed by atoms with Crippen LogP contribution < -0.4 is 15.8 Å². The highest BCUT2D eigenvalue weighted by atomic mass is 35.5. The van der Waals surface area contributed by atoms with E-state index in [1.54, 1.807) is 36.4 Å². The van der Waals surface area contributed by atoms with Gasteiger partial charge in [-0.25, -0.2) is 4.98 Å². The Morgan fingerprint density at radius 1 is 1.03 bits per heavy atom. The molecule has 0 aliphatic carbocycles. The molecule has 0 saturated heterocycles. The van der Waals surface area contributed by atoms with Crippen molar-refractivity contribution in [2.45, 2.75) is 11.9 Å². The van der Waals surface area contributed by atoms with Crippen LogP contribution in [0.2, 0.25) is 5.02 Å². The van der Waals surface area contributed by atoms with Crippen LogP contribution in [0.1, 0.15) is 11.1 Å². The molecule has 0 radical (unpaired) electrons. The largest absolute Gasteiger partial charge is 0.315 e. The predicted octanol–water partition coefficient (Wildman–Crippen LogP) is 2.91. The van der Waals surface area contributed by atoms with Gasteiger partial charge in [0.15, 0.2) is 10.7 Å². The number of fused-ring (bicyclic) bond motifs is 1. The molecule has 0 bridgehead atoms. The number of anilines is 1. The molecular formula is C21H14ClN5O4S. The first kappa shape index (κ1) is 21.3. The van der Waals surface area contributed by atoms with Gasteiger partial charge in [0, 0.05) is 5.56 Å². The van der Waals surface area contributed by atoms with Crippen molar-refractivity contribution in [2.24, 2.45) is 0 Å². The number of H-pyrrole nitrogens is 2. The van der Waals surface area contributed by atoms with E-state index in [9.17, 15) is 18.0 Å². The van der Waals surface area contributed by atoms with Crippen LogP contribution in [0.3, 0.4) is 0 Å². The van der Waals surface area contributed by atoms with Crippen LogP contribution >= 0.6 is 11.6 Å². The summed E-state index contributed by atoms with van der Waals surface area (Å²) in [5.41, 5.74) is 0.791. The van der Waals surface area contributed by atoms with E-state index in [2.05, 4.69) is 19.7 Å². The number of benzene rings is 2. The standard InChI is InChI=1S/C21H14ClN5O4S/c1-11-8-17-18(25-20(29)19(28)24-17)26-21(11)32(30,31)27-14-6-7-15(16(22)9-14)13-4-2-12(10-23)3-5-13/h2-9,27H,1H3,(H,24,28)(H,25,26,29). The summed E-state index contributed by atoms with van der Waals surface area (Å²) in [5, 5.41) is 8.92. The highest BCUT2D eigenvalue weighted by Crippen LogP contribution is 2.31. The van der Waals surface area contributed by atoms with Crippen LogP contribution in [-0.4, -0.2) is 23.4 Å². The van der Waals surface area contributed by atoms with Crippen molar-refractivity contribution in [1.29, 1.82) is 5.26 Å². The summed E-state index contributed by atoms with van der Waals surface area (Å²) in [7, 11) is -4.13. The highest BCUT2D eigenvalue weighted by Gasteiger charge is 2.21. The van der Waals surface area contributed by atoms with Gasteiger partial charge in [0.25, 0.3) is 10.0 Å². The molecule has 4 rings (SSSR count). The van der Waals surface area contributed by atoms with Crippen LogP contribution in [0.5, 0.6) is 0 Å². The van der Waals surface area contributed by atoms with Crippen molar-refractivity contribution in [3.05, 3.63) is 85.4 Å². The van der Waals surface area contributed by atoms with Crippen molar-refractivity contribution in [1.82, 2.24) is 15.0 Å². The van der Waals surface area contributed by atoms with Crippen LogP contribution in [0.25, 0.3) is 22.3 Å². The summed E-state index contributed by atoms with van der Waals surface area (Å²) in [5.74, 6) is 0. The first-order chi connectivity index (χ1) is 15.2. The topological polar surface area (TPSA) is 149 Å². The number of nitrogens with zero attached hydrogens (tertiary/aromatic N) is 2. The Balaban J connectivity index is 1.69. The molecule has 0 amide bonds. The van der Waals surface area contributed by atoms with Crippen molar-refractivity contribution >= 4 is 38.5 Å². The van der Waals surface area contributed by atoms with Gasteiger partial charge < -0.3 is 9.97 Å². The Kier molecular flexibility index (Phi) is 5.30. The maximum absolute atomic E-state index is 12.9. The van der Waals surface area contributed by atoms with E-state index in [1.165, 1.54) is 19.1 Å². The van der Waals surface area contributed by atoms with Crippen LogP contribution in [0.4, 0.5) is 5.69 Å². The Bertz CT molecular complexity index is 1630. The van der Waals surface area contributed by atoms with Gasteiger partial charge >= 0.3 is 11.1 Å². The molecule has 2 heterocycles.